The lowest BCUT2D eigenvalue weighted by Crippen LogP contribution is -2.25. The zero-order chi connectivity index (χ0) is 15.9. The molecule has 0 spiro atoms. The van der Waals surface area contributed by atoms with E-state index in [-0.39, 0.29) is 5.91 Å². The first-order chi connectivity index (χ1) is 10.5. The summed E-state index contributed by atoms with van der Waals surface area (Å²) in [7, 11) is 0. The minimum atomic E-state index is -0.399. The molecule has 1 aliphatic heterocycles. The van der Waals surface area contributed by atoms with E-state index in [2.05, 4.69) is 12.1 Å². The van der Waals surface area contributed by atoms with Gasteiger partial charge in [-0.15, -0.1) is 11.3 Å². The Morgan fingerprint density at radius 2 is 1.91 bits per heavy atom. The Kier molecular flexibility index (Phi) is 3.74. The van der Waals surface area contributed by atoms with Gasteiger partial charge in [-0.3, -0.25) is 9.59 Å². The van der Waals surface area contributed by atoms with Gasteiger partial charge in [0.15, 0.2) is 0 Å². The van der Waals surface area contributed by atoms with Crippen LogP contribution in [0.3, 0.4) is 0 Å². The normalized spacial score (nSPS) is 14.6. The third-order valence-corrected chi connectivity index (χ3v) is 5.12. The Balaban J connectivity index is 2.01. The molecule has 0 unspecified atom stereocenters. The van der Waals surface area contributed by atoms with Crippen LogP contribution in [-0.4, -0.2) is 18.4 Å². The van der Waals surface area contributed by atoms with Crippen LogP contribution in [0.2, 0.25) is 0 Å². The standard InChI is InChI=1S/C17H18N2O2S/c1-10-8-12(13-5-6-14(22-13)17(18)21)9-11(2)16(10)19-7-3-4-15(19)20/h5-6,8-9H,3-4,7H2,1-2H3,(H2,18,21). The number of aryl methyl sites for hydroxylation is 2. The average Bonchev–Trinajstić information content (AvgIpc) is 3.08. The van der Waals surface area contributed by atoms with E-state index >= 15 is 0 Å². The van der Waals surface area contributed by atoms with Gasteiger partial charge in [0, 0.05) is 23.5 Å². The van der Waals surface area contributed by atoms with Gasteiger partial charge < -0.3 is 10.6 Å². The van der Waals surface area contributed by atoms with Crippen LogP contribution in [0.5, 0.6) is 0 Å². The molecule has 2 aromatic rings. The van der Waals surface area contributed by atoms with Gasteiger partial charge in [-0.25, -0.2) is 0 Å². The number of carbonyl (C=O) groups excluding carboxylic acids is 2. The summed E-state index contributed by atoms with van der Waals surface area (Å²) in [6.45, 7) is 4.85. The summed E-state index contributed by atoms with van der Waals surface area (Å²) in [5.41, 5.74) is 9.56. The molecule has 114 valence electrons. The maximum atomic E-state index is 12.0. The Morgan fingerprint density at radius 1 is 1.23 bits per heavy atom. The number of amides is 2. The van der Waals surface area contributed by atoms with E-state index in [1.807, 2.05) is 24.8 Å². The third kappa shape index (κ3) is 2.52. The lowest BCUT2D eigenvalue weighted by Gasteiger charge is -2.21. The van der Waals surface area contributed by atoms with E-state index in [9.17, 15) is 9.59 Å². The Bertz CT molecular complexity index is 741. The fourth-order valence-electron chi connectivity index (χ4n) is 3.03. The van der Waals surface area contributed by atoms with E-state index in [0.717, 1.165) is 40.2 Å². The average molecular weight is 314 g/mol. The van der Waals surface area contributed by atoms with Gasteiger partial charge in [0.2, 0.25) is 5.91 Å². The molecule has 2 amide bonds. The molecule has 5 heteroatoms. The van der Waals surface area contributed by atoms with E-state index in [1.165, 1.54) is 11.3 Å². The quantitative estimate of drug-likeness (QED) is 0.945. The molecule has 2 heterocycles. The smallest absolute Gasteiger partial charge is 0.258 e. The zero-order valence-electron chi connectivity index (χ0n) is 12.7. The highest BCUT2D eigenvalue weighted by molar-refractivity contribution is 7.17. The molecular formula is C17H18N2O2S. The maximum Gasteiger partial charge on any atom is 0.258 e. The first-order valence-corrected chi connectivity index (χ1v) is 8.10. The molecule has 0 aliphatic carbocycles. The second kappa shape index (κ2) is 5.57. The summed E-state index contributed by atoms with van der Waals surface area (Å²) in [5.74, 6) is -0.199. The summed E-state index contributed by atoms with van der Waals surface area (Å²) in [5, 5.41) is 0. The lowest BCUT2D eigenvalue weighted by atomic mass is 10.0. The van der Waals surface area contributed by atoms with Crippen molar-refractivity contribution < 1.29 is 9.59 Å². The second-order valence-corrected chi connectivity index (χ2v) is 6.72. The van der Waals surface area contributed by atoms with Gasteiger partial charge in [-0.05, 0) is 61.2 Å². The molecule has 1 aromatic carbocycles. The number of benzene rings is 1. The first kappa shape index (κ1) is 14.8. The lowest BCUT2D eigenvalue weighted by molar-refractivity contribution is -0.117. The highest BCUT2D eigenvalue weighted by Gasteiger charge is 2.24. The van der Waals surface area contributed by atoms with Gasteiger partial charge in [-0.2, -0.15) is 0 Å². The van der Waals surface area contributed by atoms with Crippen LogP contribution < -0.4 is 10.6 Å². The van der Waals surface area contributed by atoms with Crippen molar-refractivity contribution in [3.63, 3.8) is 0 Å². The molecule has 1 aliphatic rings. The van der Waals surface area contributed by atoms with E-state index in [4.69, 9.17) is 5.73 Å². The van der Waals surface area contributed by atoms with Crippen LogP contribution in [0.4, 0.5) is 5.69 Å². The minimum absolute atomic E-state index is 0.200. The molecule has 1 aromatic heterocycles. The fourth-order valence-corrected chi connectivity index (χ4v) is 3.88. The Hall–Kier alpha value is -2.14. The van der Waals surface area contributed by atoms with Crippen LogP contribution in [0.15, 0.2) is 24.3 Å². The topological polar surface area (TPSA) is 63.4 Å². The van der Waals surface area contributed by atoms with Crippen molar-refractivity contribution in [2.75, 3.05) is 11.4 Å². The summed E-state index contributed by atoms with van der Waals surface area (Å²) in [6.07, 6.45) is 1.56. The van der Waals surface area contributed by atoms with Gasteiger partial charge in [0.1, 0.15) is 0 Å². The van der Waals surface area contributed by atoms with Crippen molar-refractivity contribution in [1.82, 2.24) is 0 Å². The molecule has 0 radical (unpaired) electrons. The number of nitrogens with zero attached hydrogens (tertiary/aromatic N) is 1. The van der Waals surface area contributed by atoms with Crippen molar-refractivity contribution in [3.05, 3.63) is 40.3 Å². The number of thiophene rings is 1. The number of rotatable bonds is 3. The molecule has 0 saturated carbocycles. The second-order valence-electron chi connectivity index (χ2n) is 5.64. The number of hydrogen-bond donors (Lipinski definition) is 1. The minimum Gasteiger partial charge on any atom is -0.365 e. The van der Waals surface area contributed by atoms with E-state index in [1.54, 1.807) is 6.07 Å². The third-order valence-electron chi connectivity index (χ3n) is 3.97. The largest absolute Gasteiger partial charge is 0.365 e. The molecule has 1 saturated heterocycles. The van der Waals surface area contributed by atoms with Crippen LogP contribution in [0, 0.1) is 13.8 Å². The predicted molar refractivity (Wildman–Crippen MR) is 89.3 cm³/mol. The maximum absolute atomic E-state index is 12.0. The van der Waals surface area contributed by atoms with Crippen molar-refractivity contribution in [1.29, 1.82) is 0 Å². The molecule has 1 fully saturated rings. The number of nitrogens with two attached hydrogens (primary N) is 1. The van der Waals surface area contributed by atoms with Gasteiger partial charge in [0.05, 0.1) is 4.88 Å². The number of anilines is 1. The highest BCUT2D eigenvalue weighted by atomic mass is 32.1. The predicted octanol–water partition coefficient (Wildman–Crippen LogP) is 3.26. The molecule has 22 heavy (non-hydrogen) atoms. The molecule has 0 bridgehead atoms. The highest BCUT2D eigenvalue weighted by Crippen LogP contribution is 2.35. The van der Waals surface area contributed by atoms with Gasteiger partial charge in [0.25, 0.3) is 5.91 Å². The number of hydrogen-bond acceptors (Lipinski definition) is 3. The number of carbonyl (C=O) groups is 2. The van der Waals surface area contributed by atoms with Crippen molar-refractivity contribution in [3.8, 4) is 10.4 Å². The van der Waals surface area contributed by atoms with Crippen molar-refractivity contribution >= 4 is 28.8 Å². The molecule has 0 atom stereocenters. The Morgan fingerprint density at radius 3 is 2.41 bits per heavy atom. The van der Waals surface area contributed by atoms with E-state index < -0.39 is 5.91 Å². The van der Waals surface area contributed by atoms with Gasteiger partial charge >= 0.3 is 0 Å². The first-order valence-electron chi connectivity index (χ1n) is 7.29. The van der Waals surface area contributed by atoms with Crippen LogP contribution in [-0.2, 0) is 4.79 Å². The molecule has 2 N–H and O–H groups in total. The summed E-state index contributed by atoms with van der Waals surface area (Å²) in [4.78, 5) is 26.7. The van der Waals surface area contributed by atoms with Crippen LogP contribution in [0.25, 0.3) is 10.4 Å². The monoisotopic (exact) mass is 314 g/mol. The molecule has 3 rings (SSSR count). The SMILES string of the molecule is Cc1cc(-c2ccc(C(N)=O)s2)cc(C)c1N1CCCC1=O. The summed E-state index contributed by atoms with van der Waals surface area (Å²) in [6, 6.07) is 7.82. The van der Waals surface area contributed by atoms with Crippen molar-refractivity contribution in [2.45, 2.75) is 26.7 Å². The van der Waals surface area contributed by atoms with Gasteiger partial charge in [-0.1, -0.05) is 0 Å². The molecular weight excluding hydrogens is 296 g/mol. The van der Waals surface area contributed by atoms with Crippen LogP contribution >= 0.6 is 11.3 Å². The zero-order valence-corrected chi connectivity index (χ0v) is 13.5. The Labute approximate surface area is 133 Å². The van der Waals surface area contributed by atoms with Crippen LogP contribution in [0.1, 0.15) is 33.6 Å². The molecule has 4 nitrogen and oxygen atoms in total. The summed E-state index contributed by atoms with van der Waals surface area (Å²) >= 11 is 1.40. The fraction of sp³-hybridized carbons (Fsp3) is 0.294. The van der Waals surface area contributed by atoms with E-state index in [0.29, 0.717) is 11.3 Å². The number of primary amides is 1. The van der Waals surface area contributed by atoms with Crippen molar-refractivity contribution in [2.24, 2.45) is 5.73 Å². The summed E-state index contributed by atoms with van der Waals surface area (Å²) < 4.78 is 0.